The number of hydrogen-bond acceptors (Lipinski definition) is 5. The highest BCUT2D eigenvalue weighted by atomic mass is 16.3. The number of nitrogens with one attached hydrogen (secondary N) is 1. The van der Waals surface area contributed by atoms with Gasteiger partial charge in [0.05, 0.1) is 11.6 Å². The summed E-state index contributed by atoms with van der Waals surface area (Å²) < 4.78 is 0. The molecule has 0 aliphatic carbocycles. The van der Waals surface area contributed by atoms with E-state index in [9.17, 15) is 14.7 Å². The van der Waals surface area contributed by atoms with Crippen LogP contribution in [0.25, 0.3) is 5.76 Å². The van der Waals surface area contributed by atoms with Gasteiger partial charge in [-0.15, -0.1) is 0 Å². The van der Waals surface area contributed by atoms with Crippen molar-refractivity contribution in [1.29, 1.82) is 0 Å². The molecule has 2 aromatic carbocycles. The number of nitrogens with zero attached hydrogens (tertiary/aromatic N) is 2. The van der Waals surface area contributed by atoms with E-state index in [0.717, 1.165) is 37.3 Å². The highest BCUT2D eigenvalue weighted by molar-refractivity contribution is 6.46. The lowest BCUT2D eigenvalue weighted by Crippen LogP contribution is -2.46. The molecule has 0 aromatic heterocycles. The summed E-state index contributed by atoms with van der Waals surface area (Å²) in [6.07, 6.45) is 0. The van der Waals surface area contributed by atoms with Crippen molar-refractivity contribution < 1.29 is 14.7 Å². The number of aryl methyl sites for hydroxylation is 1. The first-order chi connectivity index (χ1) is 14.6. The van der Waals surface area contributed by atoms with E-state index >= 15 is 0 Å². The topological polar surface area (TPSA) is 72.9 Å². The zero-order valence-corrected chi connectivity index (χ0v) is 17.2. The number of Topliss-reactive ketones (excluding diaryl/α,β-unsaturated/α-hetero) is 1. The minimum absolute atomic E-state index is 0.121. The number of rotatable bonds is 5. The predicted octanol–water partition coefficient (Wildman–Crippen LogP) is 2.32. The fourth-order valence-corrected chi connectivity index (χ4v) is 4.14. The molecule has 0 spiro atoms. The lowest BCUT2D eigenvalue weighted by atomic mass is 9.95. The molecule has 1 atom stereocenters. The first-order valence-electron chi connectivity index (χ1n) is 10.4. The molecule has 6 nitrogen and oxygen atoms in total. The molecule has 2 fully saturated rings. The number of benzene rings is 2. The highest BCUT2D eigenvalue weighted by Crippen LogP contribution is 2.39. The molecule has 2 heterocycles. The third kappa shape index (κ3) is 4.01. The Morgan fingerprint density at radius 1 is 1.00 bits per heavy atom. The van der Waals surface area contributed by atoms with Crippen molar-refractivity contribution in [2.45, 2.75) is 13.0 Å². The lowest BCUT2D eigenvalue weighted by Gasteiger charge is -2.31. The Balaban J connectivity index is 1.72. The van der Waals surface area contributed by atoms with Gasteiger partial charge in [0.15, 0.2) is 0 Å². The number of carbonyl (C=O) groups excluding carboxylic acids is 2. The number of piperazine rings is 1. The number of likely N-dealkylation sites (tertiary alicyclic amines) is 1. The Hall–Kier alpha value is -2.96. The summed E-state index contributed by atoms with van der Waals surface area (Å²) in [6, 6.07) is 16.2. The van der Waals surface area contributed by atoms with Crippen molar-refractivity contribution in [3.63, 3.8) is 0 Å². The number of carbonyl (C=O) groups is 2. The van der Waals surface area contributed by atoms with E-state index in [4.69, 9.17) is 0 Å². The van der Waals surface area contributed by atoms with Crippen LogP contribution in [0, 0.1) is 6.92 Å². The zero-order valence-electron chi connectivity index (χ0n) is 17.2. The van der Waals surface area contributed by atoms with E-state index in [-0.39, 0.29) is 11.3 Å². The molecule has 0 bridgehead atoms. The van der Waals surface area contributed by atoms with Crippen LogP contribution in [0.1, 0.15) is 22.7 Å². The lowest BCUT2D eigenvalue weighted by molar-refractivity contribution is -0.140. The van der Waals surface area contributed by atoms with Crippen LogP contribution in [0.5, 0.6) is 0 Å². The summed E-state index contributed by atoms with van der Waals surface area (Å²) in [5.41, 5.74) is 2.63. The Bertz CT molecular complexity index is 947. The van der Waals surface area contributed by atoms with Crippen molar-refractivity contribution in [1.82, 2.24) is 15.1 Å². The van der Waals surface area contributed by atoms with Crippen LogP contribution in [-0.4, -0.2) is 65.9 Å². The van der Waals surface area contributed by atoms with E-state index < -0.39 is 17.7 Å². The van der Waals surface area contributed by atoms with Crippen LogP contribution >= 0.6 is 0 Å². The molecular formula is C24H27N3O3. The molecule has 2 N–H and O–H groups in total. The zero-order chi connectivity index (χ0) is 21.1. The average Bonchev–Trinajstić information content (AvgIpc) is 3.04. The second-order valence-electron chi connectivity index (χ2n) is 7.86. The van der Waals surface area contributed by atoms with Crippen molar-refractivity contribution >= 4 is 17.4 Å². The Kier molecular flexibility index (Phi) is 5.97. The summed E-state index contributed by atoms with van der Waals surface area (Å²) in [6.45, 7) is 6.82. The molecule has 1 amide bonds. The van der Waals surface area contributed by atoms with Crippen molar-refractivity contribution in [3.05, 3.63) is 76.9 Å². The van der Waals surface area contributed by atoms with Gasteiger partial charge in [0, 0.05) is 44.8 Å². The molecule has 2 aromatic rings. The second-order valence-corrected chi connectivity index (χ2v) is 7.86. The second kappa shape index (κ2) is 8.81. The Morgan fingerprint density at radius 3 is 2.33 bits per heavy atom. The van der Waals surface area contributed by atoms with E-state index in [2.05, 4.69) is 10.2 Å². The molecule has 6 heteroatoms. The summed E-state index contributed by atoms with van der Waals surface area (Å²) in [5, 5.41) is 14.3. The molecule has 4 rings (SSSR count). The van der Waals surface area contributed by atoms with Crippen LogP contribution in [0.15, 0.2) is 60.2 Å². The smallest absolute Gasteiger partial charge is 0.295 e. The molecular weight excluding hydrogens is 378 g/mol. The number of aliphatic hydroxyl groups excluding tert-OH is 1. The van der Waals surface area contributed by atoms with Crippen molar-refractivity contribution in [2.24, 2.45) is 0 Å². The summed E-state index contributed by atoms with van der Waals surface area (Å²) in [7, 11) is 0. The minimum Gasteiger partial charge on any atom is -0.507 e. The van der Waals surface area contributed by atoms with E-state index in [1.54, 1.807) is 29.2 Å². The average molecular weight is 405 g/mol. The normalized spacial score (nSPS) is 21.9. The predicted molar refractivity (Wildman–Crippen MR) is 116 cm³/mol. The molecule has 2 aliphatic heterocycles. The minimum atomic E-state index is -0.623. The van der Waals surface area contributed by atoms with Gasteiger partial charge < -0.3 is 15.3 Å². The quantitative estimate of drug-likeness (QED) is 0.454. The largest absolute Gasteiger partial charge is 0.507 e. The Morgan fingerprint density at radius 2 is 1.67 bits per heavy atom. The van der Waals surface area contributed by atoms with Gasteiger partial charge in [-0.3, -0.25) is 14.5 Å². The fourth-order valence-electron chi connectivity index (χ4n) is 4.14. The summed E-state index contributed by atoms with van der Waals surface area (Å²) >= 11 is 0. The van der Waals surface area contributed by atoms with Gasteiger partial charge in [0.2, 0.25) is 0 Å². The summed E-state index contributed by atoms with van der Waals surface area (Å²) in [5.74, 6) is -1.29. The first-order valence-corrected chi connectivity index (χ1v) is 10.4. The molecule has 2 aliphatic rings. The van der Waals surface area contributed by atoms with Crippen LogP contribution < -0.4 is 5.32 Å². The number of hydrogen-bond donors (Lipinski definition) is 2. The highest BCUT2D eigenvalue weighted by Gasteiger charge is 2.45. The maximum Gasteiger partial charge on any atom is 0.295 e. The standard InChI is InChI=1S/C24H27N3O3/c1-17-7-9-18(10-8-17)21-20(22(28)19-5-3-2-4-6-19)23(29)24(30)27(21)16-15-26-13-11-25-12-14-26/h2-10,21,25,28H,11-16H2,1H3/b22-20-. The fraction of sp³-hybridized carbons (Fsp3) is 0.333. The van der Waals surface area contributed by atoms with Crippen LogP contribution in [-0.2, 0) is 9.59 Å². The molecule has 0 saturated carbocycles. The molecule has 30 heavy (non-hydrogen) atoms. The van der Waals surface area contributed by atoms with Gasteiger partial charge in [-0.1, -0.05) is 60.2 Å². The van der Waals surface area contributed by atoms with Crippen molar-refractivity contribution in [3.8, 4) is 0 Å². The maximum atomic E-state index is 13.0. The SMILES string of the molecule is Cc1ccc(C2/C(=C(/O)c3ccccc3)C(=O)C(=O)N2CCN2CCNCC2)cc1. The maximum absolute atomic E-state index is 13.0. The number of aliphatic hydroxyl groups is 1. The van der Waals surface area contributed by atoms with Gasteiger partial charge >= 0.3 is 0 Å². The van der Waals surface area contributed by atoms with Crippen LogP contribution in [0.2, 0.25) is 0 Å². The number of ketones is 1. The van der Waals surface area contributed by atoms with E-state index in [1.165, 1.54) is 0 Å². The Labute approximate surface area is 176 Å². The van der Waals surface area contributed by atoms with Crippen LogP contribution in [0.4, 0.5) is 0 Å². The molecule has 0 radical (unpaired) electrons. The van der Waals surface area contributed by atoms with Gasteiger partial charge in [0.1, 0.15) is 5.76 Å². The monoisotopic (exact) mass is 405 g/mol. The molecule has 156 valence electrons. The summed E-state index contributed by atoms with van der Waals surface area (Å²) in [4.78, 5) is 29.9. The van der Waals surface area contributed by atoms with Gasteiger partial charge in [0.25, 0.3) is 11.7 Å². The molecule has 1 unspecified atom stereocenters. The van der Waals surface area contributed by atoms with Gasteiger partial charge in [-0.25, -0.2) is 0 Å². The van der Waals surface area contributed by atoms with Crippen molar-refractivity contribution in [2.75, 3.05) is 39.3 Å². The van der Waals surface area contributed by atoms with Crippen LogP contribution in [0.3, 0.4) is 0 Å². The van der Waals surface area contributed by atoms with Gasteiger partial charge in [-0.05, 0) is 12.5 Å². The third-order valence-corrected chi connectivity index (χ3v) is 5.85. The first kappa shape index (κ1) is 20.3. The van der Waals surface area contributed by atoms with E-state index in [1.807, 2.05) is 37.3 Å². The molecule has 2 saturated heterocycles. The third-order valence-electron chi connectivity index (χ3n) is 5.85. The number of amides is 1. The van der Waals surface area contributed by atoms with E-state index in [0.29, 0.717) is 18.7 Å². The van der Waals surface area contributed by atoms with Gasteiger partial charge in [-0.2, -0.15) is 0 Å².